The van der Waals surface area contributed by atoms with Crippen LogP contribution in [-0.2, 0) is 15.1 Å². The Bertz CT molecular complexity index is 783. The number of aromatic nitrogens is 2. The maximum atomic E-state index is 12.8. The number of carboxylic acids is 1. The van der Waals surface area contributed by atoms with Crippen LogP contribution in [0.3, 0.4) is 0 Å². The topological polar surface area (TPSA) is 84.2 Å². The summed E-state index contributed by atoms with van der Waals surface area (Å²) < 4.78 is 1.31. The molecular formula is C18H22ClN3O3. The summed E-state index contributed by atoms with van der Waals surface area (Å²) in [5.41, 5.74) is 0.0816. The molecule has 1 aromatic carbocycles. The predicted octanol–water partition coefficient (Wildman–Crippen LogP) is 3.73. The zero-order valence-electron chi connectivity index (χ0n) is 14.7. The molecule has 1 unspecified atom stereocenters. The summed E-state index contributed by atoms with van der Waals surface area (Å²) in [4.78, 5) is 24.1. The second-order valence-electron chi connectivity index (χ2n) is 6.80. The molecule has 0 aliphatic carbocycles. The minimum Gasteiger partial charge on any atom is -0.479 e. The Morgan fingerprint density at radius 3 is 2.56 bits per heavy atom. The van der Waals surface area contributed by atoms with Crippen LogP contribution in [-0.4, -0.2) is 26.8 Å². The van der Waals surface area contributed by atoms with Gasteiger partial charge in [0.1, 0.15) is 0 Å². The number of amides is 1. The molecule has 0 aliphatic heterocycles. The van der Waals surface area contributed by atoms with Crippen LogP contribution < -0.4 is 5.32 Å². The highest BCUT2D eigenvalue weighted by molar-refractivity contribution is 6.30. The number of hydrogen-bond acceptors (Lipinski definition) is 3. The Balaban J connectivity index is 2.23. The molecule has 25 heavy (non-hydrogen) atoms. The van der Waals surface area contributed by atoms with Gasteiger partial charge in [0.05, 0.1) is 17.8 Å². The van der Waals surface area contributed by atoms with Gasteiger partial charge < -0.3 is 10.4 Å². The van der Waals surface area contributed by atoms with Gasteiger partial charge in [0.15, 0.2) is 5.54 Å². The van der Waals surface area contributed by atoms with Gasteiger partial charge in [0.2, 0.25) is 5.91 Å². The lowest BCUT2D eigenvalue weighted by molar-refractivity contribution is -0.146. The van der Waals surface area contributed by atoms with Crippen LogP contribution in [0, 0.1) is 5.92 Å². The van der Waals surface area contributed by atoms with Gasteiger partial charge in [0, 0.05) is 11.2 Å². The van der Waals surface area contributed by atoms with Crippen LogP contribution in [0.4, 0.5) is 5.69 Å². The third-order valence-electron chi connectivity index (χ3n) is 4.10. The van der Waals surface area contributed by atoms with Crippen LogP contribution in [0.1, 0.15) is 39.2 Å². The van der Waals surface area contributed by atoms with Crippen LogP contribution in [0.5, 0.6) is 0 Å². The Hall–Kier alpha value is -2.34. The molecule has 1 amide bonds. The number of halogens is 1. The maximum absolute atomic E-state index is 12.8. The first-order valence-electron chi connectivity index (χ1n) is 7.97. The summed E-state index contributed by atoms with van der Waals surface area (Å²) in [6, 6.07) is 7.22. The fourth-order valence-electron chi connectivity index (χ4n) is 2.55. The molecule has 2 rings (SSSR count). The van der Waals surface area contributed by atoms with E-state index in [1.165, 1.54) is 30.9 Å². The SMILES string of the molecule is CC(C)C(C(=O)Nc1cnn(C(C)(C)C(=O)O)c1)c1cccc(Cl)c1. The highest BCUT2D eigenvalue weighted by Gasteiger charge is 2.31. The van der Waals surface area contributed by atoms with Crippen LogP contribution in [0.25, 0.3) is 0 Å². The van der Waals surface area contributed by atoms with E-state index >= 15 is 0 Å². The molecule has 2 aromatic rings. The van der Waals surface area contributed by atoms with Gasteiger partial charge in [-0.15, -0.1) is 0 Å². The number of hydrogen-bond donors (Lipinski definition) is 2. The molecule has 0 saturated heterocycles. The van der Waals surface area contributed by atoms with Crippen molar-refractivity contribution in [3.8, 4) is 0 Å². The second kappa shape index (κ2) is 7.27. The molecule has 0 bridgehead atoms. The summed E-state index contributed by atoms with van der Waals surface area (Å²) in [6.45, 7) is 7.00. The zero-order chi connectivity index (χ0) is 18.8. The van der Waals surface area contributed by atoms with Crippen molar-refractivity contribution in [1.29, 1.82) is 0 Å². The van der Waals surface area contributed by atoms with Crippen molar-refractivity contribution < 1.29 is 14.7 Å². The van der Waals surface area contributed by atoms with E-state index in [4.69, 9.17) is 11.6 Å². The normalized spacial score (nSPS) is 12.9. The number of carbonyl (C=O) groups excluding carboxylic acids is 1. The largest absolute Gasteiger partial charge is 0.479 e. The molecule has 134 valence electrons. The third kappa shape index (κ3) is 4.20. The minimum atomic E-state index is -1.20. The highest BCUT2D eigenvalue weighted by atomic mass is 35.5. The summed E-state index contributed by atoms with van der Waals surface area (Å²) >= 11 is 6.04. The molecule has 0 saturated carbocycles. The highest BCUT2D eigenvalue weighted by Crippen LogP contribution is 2.28. The van der Waals surface area contributed by atoms with Crippen molar-refractivity contribution in [1.82, 2.24) is 9.78 Å². The van der Waals surface area contributed by atoms with Gasteiger partial charge in [-0.1, -0.05) is 37.6 Å². The first kappa shape index (κ1) is 19.0. The van der Waals surface area contributed by atoms with E-state index in [0.717, 1.165) is 5.56 Å². The summed E-state index contributed by atoms with van der Waals surface area (Å²) in [6.07, 6.45) is 2.96. The number of rotatable bonds is 6. The van der Waals surface area contributed by atoms with Crippen LogP contribution in [0.2, 0.25) is 5.02 Å². The number of anilines is 1. The molecule has 7 heteroatoms. The van der Waals surface area contributed by atoms with Crippen molar-refractivity contribution >= 4 is 29.2 Å². The molecule has 1 heterocycles. The Labute approximate surface area is 151 Å². The number of nitrogens with zero attached hydrogens (tertiary/aromatic N) is 2. The van der Waals surface area contributed by atoms with Gasteiger partial charge in [-0.2, -0.15) is 5.10 Å². The molecule has 0 spiro atoms. The molecule has 0 radical (unpaired) electrons. The van der Waals surface area contributed by atoms with E-state index < -0.39 is 11.5 Å². The number of aliphatic carboxylic acids is 1. The van der Waals surface area contributed by atoms with Crippen molar-refractivity contribution in [2.75, 3.05) is 5.32 Å². The molecular weight excluding hydrogens is 342 g/mol. The lowest BCUT2D eigenvalue weighted by Gasteiger charge is -2.21. The van der Waals surface area contributed by atoms with Gasteiger partial charge in [0.25, 0.3) is 0 Å². The number of carboxylic acid groups (broad SMARTS) is 1. The first-order chi connectivity index (χ1) is 11.6. The van der Waals surface area contributed by atoms with E-state index in [0.29, 0.717) is 10.7 Å². The van der Waals surface area contributed by atoms with Gasteiger partial charge in [-0.3, -0.25) is 9.48 Å². The second-order valence-corrected chi connectivity index (χ2v) is 7.24. The van der Waals surface area contributed by atoms with Gasteiger partial charge in [-0.25, -0.2) is 4.79 Å². The molecule has 6 nitrogen and oxygen atoms in total. The standard InChI is InChI=1S/C18H22ClN3O3/c1-11(2)15(12-6-5-7-13(19)8-12)16(23)21-14-9-20-22(10-14)18(3,4)17(24)25/h5-11,15H,1-4H3,(H,21,23)(H,24,25). The molecule has 0 aliphatic rings. The zero-order valence-corrected chi connectivity index (χ0v) is 15.4. The van der Waals surface area contributed by atoms with Crippen molar-refractivity contribution in [3.63, 3.8) is 0 Å². The van der Waals surface area contributed by atoms with E-state index in [1.54, 1.807) is 12.1 Å². The lowest BCUT2D eigenvalue weighted by Crippen LogP contribution is -2.36. The van der Waals surface area contributed by atoms with Crippen LogP contribution in [0.15, 0.2) is 36.7 Å². The number of carbonyl (C=O) groups is 2. The van der Waals surface area contributed by atoms with E-state index in [9.17, 15) is 14.7 Å². The lowest BCUT2D eigenvalue weighted by atomic mass is 9.87. The van der Waals surface area contributed by atoms with Crippen molar-refractivity contribution in [2.24, 2.45) is 5.92 Å². The van der Waals surface area contributed by atoms with Crippen molar-refractivity contribution in [3.05, 3.63) is 47.2 Å². The summed E-state index contributed by atoms with van der Waals surface area (Å²) in [5.74, 6) is -1.52. The Morgan fingerprint density at radius 2 is 2.00 bits per heavy atom. The molecule has 1 atom stereocenters. The van der Waals surface area contributed by atoms with E-state index in [1.807, 2.05) is 26.0 Å². The Kier molecular flexibility index (Phi) is 5.52. The predicted molar refractivity (Wildman–Crippen MR) is 96.8 cm³/mol. The average Bonchev–Trinajstić information content (AvgIpc) is 2.96. The maximum Gasteiger partial charge on any atom is 0.331 e. The third-order valence-corrected chi connectivity index (χ3v) is 4.34. The van der Waals surface area contributed by atoms with E-state index in [2.05, 4.69) is 10.4 Å². The average molecular weight is 364 g/mol. The first-order valence-corrected chi connectivity index (χ1v) is 8.35. The quantitative estimate of drug-likeness (QED) is 0.818. The monoisotopic (exact) mass is 363 g/mol. The smallest absolute Gasteiger partial charge is 0.331 e. The minimum absolute atomic E-state index is 0.0592. The molecule has 2 N–H and O–H groups in total. The van der Waals surface area contributed by atoms with Gasteiger partial charge in [-0.05, 0) is 37.5 Å². The number of benzene rings is 1. The van der Waals surface area contributed by atoms with Crippen LogP contribution >= 0.6 is 11.6 Å². The fourth-order valence-corrected chi connectivity index (χ4v) is 2.75. The van der Waals surface area contributed by atoms with Crippen molar-refractivity contribution in [2.45, 2.75) is 39.2 Å². The van der Waals surface area contributed by atoms with E-state index in [-0.39, 0.29) is 17.7 Å². The Morgan fingerprint density at radius 1 is 1.32 bits per heavy atom. The summed E-state index contributed by atoms with van der Waals surface area (Å²) in [5, 5.41) is 16.7. The number of nitrogens with one attached hydrogen (secondary N) is 1. The molecule has 1 aromatic heterocycles. The fraction of sp³-hybridized carbons (Fsp3) is 0.389. The van der Waals surface area contributed by atoms with Gasteiger partial charge >= 0.3 is 5.97 Å². The molecule has 0 fully saturated rings. The summed E-state index contributed by atoms with van der Waals surface area (Å²) in [7, 11) is 0.